The van der Waals surface area contributed by atoms with E-state index in [0.717, 1.165) is 31.6 Å². The Morgan fingerprint density at radius 3 is 2.58 bits per heavy atom. The van der Waals surface area contributed by atoms with E-state index in [1.165, 1.54) is 0 Å². The molecule has 19 heavy (non-hydrogen) atoms. The van der Waals surface area contributed by atoms with Gasteiger partial charge in [0.15, 0.2) is 5.82 Å². The van der Waals surface area contributed by atoms with Gasteiger partial charge in [0.05, 0.1) is 6.61 Å². The standard InChI is InChI=1S/C14H26N4O/c1-5-9-19-14-12(15)13(16-8-7-10(3)4)17-11(6-2)18-14/h10H,5-9,15H2,1-4H3,(H,16,17,18). The van der Waals surface area contributed by atoms with Gasteiger partial charge < -0.3 is 15.8 Å². The van der Waals surface area contributed by atoms with Crippen LogP contribution in [0.25, 0.3) is 0 Å². The molecule has 108 valence electrons. The number of aromatic nitrogens is 2. The minimum Gasteiger partial charge on any atom is -0.476 e. The lowest BCUT2D eigenvalue weighted by Gasteiger charge is -2.14. The number of nitrogens with zero attached hydrogens (tertiary/aromatic N) is 2. The van der Waals surface area contributed by atoms with Gasteiger partial charge in [-0.25, -0.2) is 4.98 Å². The molecule has 1 aromatic rings. The van der Waals surface area contributed by atoms with E-state index in [2.05, 4.69) is 36.1 Å². The van der Waals surface area contributed by atoms with Gasteiger partial charge in [-0.3, -0.25) is 0 Å². The van der Waals surface area contributed by atoms with Crippen molar-refractivity contribution in [2.45, 2.75) is 47.0 Å². The summed E-state index contributed by atoms with van der Waals surface area (Å²) >= 11 is 0. The number of aryl methyl sites for hydroxylation is 1. The maximum absolute atomic E-state index is 6.05. The maximum atomic E-state index is 6.05. The number of ether oxygens (including phenoxy) is 1. The number of anilines is 2. The first-order chi connectivity index (χ1) is 9.08. The SMILES string of the molecule is CCCOc1nc(CC)nc(NCCC(C)C)c1N. The Morgan fingerprint density at radius 2 is 2.00 bits per heavy atom. The summed E-state index contributed by atoms with van der Waals surface area (Å²) in [6.45, 7) is 9.94. The van der Waals surface area contributed by atoms with Crippen LogP contribution in [-0.2, 0) is 6.42 Å². The lowest BCUT2D eigenvalue weighted by Crippen LogP contribution is -2.12. The highest BCUT2D eigenvalue weighted by Crippen LogP contribution is 2.26. The lowest BCUT2D eigenvalue weighted by molar-refractivity contribution is 0.305. The molecule has 5 heteroatoms. The van der Waals surface area contributed by atoms with Crippen LogP contribution in [0.2, 0.25) is 0 Å². The van der Waals surface area contributed by atoms with Crippen LogP contribution >= 0.6 is 0 Å². The fourth-order valence-electron chi connectivity index (χ4n) is 1.57. The van der Waals surface area contributed by atoms with Gasteiger partial charge >= 0.3 is 0 Å². The van der Waals surface area contributed by atoms with E-state index in [9.17, 15) is 0 Å². The number of hydrogen-bond acceptors (Lipinski definition) is 5. The van der Waals surface area contributed by atoms with Gasteiger partial charge in [-0.1, -0.05) is 27.7 Å². The highest BCUT2D eigenvalue weighted by molar-refractivity contribution is 5.66. The number of hydrogen-bond donors (Lipinski definition) is 2. The Kier molecular flexibility index (Phi) is 6.39. The first-order valence-corrected chi connectivity index (χ1v) is 7.11. The summed E-state index contributed by atoms with van der Waals surface area (Å²) in [6.07, 6.45) is 2.78. The molecule has 0 radical (unpaired) electrons. The van der Waals surface area contributed by atoms with E-state index < -0.39 is 0 Å². The Balaban J connectivity index is 2.82. The van der Waals surface area contributed by atoms with Crippen LogP contribution < -0.4 is 15.8 Å². The molecule has 0 spiro atoms. The van der Waals surface area contributed by atoms with Crippen molar-refractivity contribution in [3.05, 3.63) is 5.82 Å². The highest BCUT2D eigenvalue weighted by Gasteiger charge is 2.12. The minimum absolute atomic E-state index is 0.501. The molecule has 5 nitrogen and oxygen atoms in total. The van der Waals surface area contributed by atoms with Crippen molar-refractivity contribution in [1.29, 1.82) is 0 Å². The van der Waals surface area contributed by atoms with Crippen molar-refractivity contribution in [1.82, 2.24) is 9.97 Å². The smallest absolute Gasteiger partial charge is 0.242 e. The normalized spacial score (nSPS) is 10.8. The number of nitrogens with one attached hydrogen (secondary N) is 1. The Morgan fingerprint density at radius 1 is 1.26 bits per heavy atom. The van der Waals surface area contributed by atoms with E-state index in [4.69, 9.17) is 10.5 Å². The van der Waals surface area contributed by atoms with Gasteiger partial charge in [-0.15, -0.1) is 0 Å². The second-order valence-corrected chi connectivity index (χ2v) is 5.02. The van der Waals surface area contributed by atoms with Crippen LogP contribution in [0.1, 0.15) is 46.4 Å². The lowest BCUT2D eigenvalue weighted by atomic mass is 10.1. The average Bonchev–Trinajstić information content (AvgIpc) is 2.38. The van der Waals surface area contributed by atoms with E-state index in [1.807, 2.05) is 6.92 Å². The summed E-state index contributed by atoms with van der Waals surface area (Å²) in [5, 5.41) is 3.28. The first kappa shape index (κ1) is 15.5. The molecule has 3 N–H and O–H groups in total. The van der Waals surface area contributed by atoms with Crippen molar-refractivity contribution in [2.75, 3.05) is 24.2 Å². The van der Waals surface area contributed by atoms with Crippen molar-refractivity contribution in [3.63, 3.8) is 0 Å². The van der Waals surface area contributed by atoms with Crippen LogP contribution in [0, 0.1) is 5.92 Å². The monoisotopic (exact) mass is 266 g/mol. The van der Waals surface area contributed by atoms with Crippen LogP contribution in [0.15, 0.2) is 0 Å². The van der Waals surface area contributed by atoms with Crippen molar-refractivity contribution >= 4 is 11.5 Å². The molecule has 0 aliphatic heterocycles. The third-order valence-corrected chi connectivity index (χ3v) is 2.73. The molecule has 0 bridgehead atoms. The zero-order valence-corrected chi connectivity index (χ0v) is 12.5. The quantitative estimate of drug-likeness (QED) is 0.757. The fraction of sp³-hybridized carbons (Fsp3) is 0.714. The topological polar surface area (TPSA) is 73.1 Å². The zero-order chi connectivity index (χ0) is 14.3. The molecule has 0 fully saturated rings. The second-order valence-electron chi connectivity index (χ2n) is 5.02. The first-order valence-electron chi connectivity index (χ1n) is 7.11. The third-order valence-electron chi connectivity index (χ3n) is 2.73. The van der Waals surface area contributed by atoms with E-state index in [1.54, 1.807) is 0 Å². The average molecular weight is 266 g/mol. The molecule has 1 heterocycles. The molecule has 1 rings (SSSR count). The molecule has 0 aromatic carbocycles. The molecule has 1 aromatic heterocycles. The molecular weight excluding hydrogens is 240 g/mol. The van der Waals surface area contributed by atoms with Crippen LogP contribution in [-0.4, -0.2) is 23.1 Å². The molecule has 0 amide bonds. The van der Waals surface area contributed by atoms with Crippen LogP contribution in [0.3, 0.4) is 0 Å². The predicted molar refractivity (Wildman–Crippen MR) is 79.6 cm³/mol. The van der Waals surface area contributed by atoms with E-state index in [-0.39, 0.29) is 0 Å². The van der Waals surface area contributed by atoms with Crippen molar-refractivity contribution in [3.8, 4) is 5.88 Å². The van der Waals surface area contributed by atoms with Crippen LogP contribution in [0.4, 0.5) is 11.5 Å². The minimum atomic E-state index is 0.501. The molecule has 0 unspecified atom stereocenters. The second kappa shape index (κ2) is 7.81. The molecule has 0 aliphatic carbocycles. The Hall–Kier alpha value is -1.52. The summed E-state index contributed by atoms with van der Waals surface area (Å²) in [7, 11) is 0. The number of nitrogens with two attached hydrogens (primary N) is 1. The van der Waals surface area contributed by atoms with Gasteiger partial charge in [0.2, 0.25) is 5.88 Å². The largest absolute Gasteiger partial charge is 0.476 e. The molecular formula is C14H26N4O. The van der Waals surface area contributed by atoms with Gasteiger partial charge in [0, 0.05) is 13.0 Å². The molecule has 0 saturated carbocycles. The van der Waals surface area contributed by atoms with E-state index >= 15 is 0 Å². The number of nitrogen functional groups attached to an aromatic ring is 1. The van der Waals surface area contributed by atoms with Gasteiger partial charge in [-0.05, 0) is 18.8 Å². The summed E-state index contributed by atoms with van der Waals surface area (Å²) in [4.78, 5) is 8.76. The van der Waals surface area contributed by atoms with Gasteiger partial charge in [-0.2, -0.15) is 4.98 Å². The van der Waals surface area contributed by atoms with Gasteiger partial charge in [0.1, 0.15) is 11.5 Å². The molecule has 0 atom stereocenters. The fourth-order valence-corrected chi connectivity index (χ4v) is 1.57. The van der Waals surface area contributed by atoms with Crippen molar-refractivity contribution < 1.29 is 4.74 Å². The van der Waals surface area contributed by atoms with Crippen LogP contribution in [0.5, 0.6) is 5.88 Å². The molecule has 0 saturated heterocycles. The number of rotatable bonds is 8. The maximum Gasteiger partial charge on any atom is 0.242 e. The molecule has 0 aliphatic rings. The van der Waals surface area contributed by atoms with Gasteiger partial charge in [0.25, 0.3) is 0 Å². The predicted octanol–water partition coefficient (Wildman–Crippen LogP) is 2.87. The highest BCUT2D eigenvalue weighted by atomic mass is 16.5. The summed E-state index contributed by atoms with van der Waals surface area (Å²) in [5.74, 6) is 2.60. The third kappa shape index (κ3) is 4.93. The summed E-state index contributed by atoms with van der Waals surface area (Å²) in [5.41, 5.74) is 6.56. The Labute approximate surface area is 116 Å². The van der Waals surface area contributed by atoms with E-state index in [0.29, 0.717) is 29.9 Å². The zero-order valence-electron chi connectivity index (χ0n) is 12.5. The summed E-state index contributed by atoms with van der Waals surface area (Å²) in [6, 6.07) is 0. The summed E-state index contributed by atoms with van der Waals surface area (Å²) < 4.78 is 5.58. The van der Waals surface area contributed by atoms with Crippen molar-refractivity contribution in [2.24, 2.45) is 5.92 Å². The Bertz CT molecular complexity index is 393.